The summed E-state index contributed by atoms with van der Waals surface area (Å²) in [5, 5.41) is 41.6. The Hall–Kier alpha value is -8.59. The first-order valence-corrected chi connectivity index (χ1v) is 49.4. The lowest BCUT2D eigenvalue weighted by atomic mass is 10.0. The monoisotopic (exact) mass is 2000 g/mol. The summed E-state index contributed by atoms with van der Waals surface area (Å²) in [6.07, 6.45) is 12.1. The molecular weight excluding hydrogens is 1820 g/mol. The maximum atomic E-state index is 14.7. The molecule has 0 aliphatic carbocycles. The predicted octanol–water partition coefficient (Wildman–Crippen LogP) is -0.659. The van der Waals surface area contributed by atoms with Crippen molar-refractivity contribution in [1.82, 2.24) is 79.8 Å². The smallest absolute Gasteiger partial charge is 0.246 e. The predicted molar refractivity (Wildman–Crippen MR) is 513 cm³/mol. The highest BCUT2D eigenvalue weighted by molar-refractivity contribution is 5.87. The Morgan fingerprint density at radius 2 is 0.360 bits per heavy atom. The molecule has 0 fully saturated rings. The van der Waals surface area contributed by atoms with Crippen molar-refractivity contribution in [2.45, 2.75) is 223 Å². The van der Waals surface area contributed by atoms with Crippen LogP contribution >= 0.6 is 0 Å². The zero-order valence-electron chi connectivity index (χ0n) is 84.0. The molecule has 0 aliphatic rings. The van der Waals surface area contributed by atoms with Crippen LogP contribution in [0.2, 0.25) is 0 Å². The molecule has 0 saturated carbocycles. The third-order valence-corrected chi connectivity index (χ3v) is 20.4. The van der Waals surface area contributed by atoms with Gasteiger partial charge in [-0.2, -0.15) is 0 Å². The molecule has 4 unspecified atom stereocenters. The van der Waals surface area contributed by atoms with Gasteiger partial charge in [-0.05, 0) is 128 Å². The molecule has 0 rings (SSSR count). The summed E-state index contributed by atoms with van der Waals surface area (Å²) in [7, 11) is 9.74. The van der Waals surface area contributed by atoms with Gasteiger partial charge in [-0.3, -0.25) is 71.9 Å². The standard InChI is InChI=1S/C93H173N15O31/c1-124-44-19-8-7-14-34-94-84(114)65-75(26-30-80(110)100-40-51-131-55-60-135-70-89(119)95-35-15-9-20-45-125-2)105-85(115)66-76(27-31-81(111)101-41-52-132-56-61-136-71-90(120)96-36-16-10-21-46-126-3)106-86(116)67-77(28-32-82(112)102-42-53-133-57-62-137-72-91(121)97-37-17-11-22-47-127-4)107-87(117)68-78(29-33-83(113)103-43-54-134-58-63-138-73-92(122)98-38-18-12-23-48-128-5)108-88(118)69-104-93(123)74-139-64-59-130-50-39-99-79(109)25-13-24-49-129-6/h75-78H,7-74H2,1-6H3,(H,94,114)(H,95,119)(H,96,120)(H,97,121)(H,98,122)(H,99,109)(H,100,110)(H,101,111)(H,102,112)(H,103,113)(H,104,123)(H,105,115)(H,106,116)(H,107,117)(H,108,118). The van der Waals surface area contributed by atoms with Crippen LogP contribution < -0.4 is 79.8 Å². The minimum absolute atomic E-state index is 0.00142. The maximum absolute atomic E-state index is 14.7. The molecule has 0 aromatic carbocycles. The Balaban J connectivity index is 7.08. The normalized spacial score (nSPS) is 12.0. The van der Waals surface area contributed by atoms with Crippen LogP contribution in [0.5, 0.6) is 0 Å². The zero-order chi connectivity index (χ0) is 102. The number of rotatable bonds is 102. The molecule has 139 heavy (non-hydrogen) atoms. The molecule has 0 saturated heterocycles. The van der Waals surface area contributed by atoms with E-state index in [9.17, 15) is 71.9 Å². The van der Waals surface area contributed by atoms with Crippen molar-refractivity contribution in [3.05, 3.63) is 0 Å². The van der Waals surface area contributed by atoms with E-state index in [0.717, 1.165) is 103 Å². The quantitative estimate of drug-likeness (QED) is 0.0336. The van der Waals surface area contributed by atoms with Crippen LogP contribution in [-0.2, 0) is 148 Å². The third kappa shape index (κ3) is 92.9. The Morgan fingerprint density at radius 3 is 0.619 bits per heavy atom. The zero-order valence-corrected chi connectivity index (χ0v) is 84.0. The van der Waals surface area contributed by atoms with E-state index in [4.69, 9.17) is 75.8 Å². The van der Waals surface area contributed by atoms with Gasteiger partial charge in [0, 0.05) is 230 Å². The molecule has 0 radical (unpaired) electrons. The molecule has 15 N–H and O–H groups in total. The molecule has 4 atom stereocenters. The number of ether oxygens (including phenoxy) is 16. The minimum atomic E-state index is -1.16. The van der Waals surface area contributed by atoms with Crippen LogP contribution in [0.4, 0.5) is 0 Å². The average molecular weight is 2000 g/mol. The third-order valence-electron chi connectivity index (χ3n) is 20.4. The molecule has 46 nitrogen and oxygen atoms in total. The van der Waals surface area contributed by atoms with E-state index >= 15 is 0 Å². The van der Waals surface area contributed by atoms with Gasteiger partial charge in [0.15, 0.2) is 0 Å². The van der Waals surface area contributed by atoms with Crippen molar-refractivity contribution in [3.8, 4) is 0 Å². The van der Waals surface area contributed by atoms with Crippen LogP contribution in [-0.4, -0.2) is 399 Å². The molecule has 46 heteroatoms. The molecule has 0 heterocycles. The number of hydrogen-bond acceptors (Lipinski definition) is 31. The fourth-order valence-corrected chi connectivity index (χ4v) is 12.9. The van der Waals surface area contributed by atoms with Gasteiger partial charge < -0.3 is 156 Å². The highest BCUT2D eigenvalue weighted by Gasteiger charge is 2.27. The lowest BCUT2D eigenvalue weighted by Crippen LogP contribution is -2.47. The number of hydrogen-bond donors (Lipinski definition) is 15. The van der Waals surface area contributed by atoms with Gasteiger partial charge in [0.25, 0.3) is 0 Å². The number of methoxy groups -OCH3 is 6. The SMILES string of the molecule is COCCCCCCNC(=O)CC(CCC(=O)NCCOCCOCC(=O)NCCCCCOC)NC(=O)CC(CCC(=O)NCCOCCOCC(=O)NCCCCCOC)NC(=O)CC(CCC(=O)NCCOCCOCC(=O)NCCCCCOC)NC(=O)CC(CCC(=O)NCCOCCOCC(=O)NCCCCCOC)NC(=O)CNC(=O)COCCOCCNC(=O)CCCCOC. The summed E-state index contributed by atoms with van der Waals surface area (Å²) >= 11 is 0. The molecule has 15 amide bonds. The molecular formula is C93H173N15O31. The van der Waals surface area contributed by atoms with Crippen molar-refractivity contribution in [2.75, 3.05) is 286 Å². The highest BCUT2D eigenvalue weighted by atomic mass is 16.6. The van der Waals surface area contributed by atoms with E-state index in [2.05, 4.69) is 79.8 Å². The van der Waals surface area contributed by atoms with E-state index in [-0.39, 0.29) is 246 Å². The molecule has 806 valence electrons. The van der Waals surface area contributed by atoms with Gasteiger partial charge in [-0.15, -0.1) is 0 Å². The van der Waals surface area contributed by atoms with Gasteiger partial charge in [0.05, 0.1) is 106 Å². The largest absolute Gasteiger partial charge is 0.385 e. The number of amides is 15. The lowest BCUT2D eigenvalue weighted by molar-refractivity contribution is -0.130. The van der Waals surface area contributed by atoms with Gasteiger partial charge in [0.2, 0.25) is 88.6 Å². The summed E-state index contributed by atoms with van der Waals surface area (Å²) in [6.45, 7) is 6.23. The number of unbranched alkanes of at least 4 members (excludes halogenated alkanes) is 12. The summed E-state index contributed by atoms with van der Waals surface area (Å²) in [6, 6.07) is -4.31. The average Bonchev–Trinajstić information content (AvgIpc) is 0.892. The second-order valence-electron chi connectivity index (χ2n) is 32.7. The molecule has 0 aromatic heterocycles. The fraction of sp³-hybridized carbons (Fsp3) is 0.839. The first-order chi connectivity index (χ1) is 67.5. The summed E-state index contributed by atoms with van der Waals surface area (Å²) in [4.78, 5) is 199. The topological polar surface area (TPSA) is 584 Å². The molecule has 0 aromatic rings. The van der Waals surface area contributed by atoms with Crippen molar-refractivity contribution < 1.29 is 148 Å². The summed E-state index contributed by atoms with van der Waals surface area (Å²) in [5.74, 6) is -7.16. The molecule has 0 bridgehead atoms. The molecule has 0 aliphatic heterocycles. The van der Waals surface area contributed by atoms with E-state index < -0.39 is 116 Å². The van der Waals surface area contributed by atoms with Crippen LogP contribution in [0.25, 0.3) is 0 Å². The Bertz CT molecular complexity index is 3180. The van der Waals surface area contributed by atoms with Crippen LogP contribution in [0.3, 0.4) is 0 Å². The van der Waals surface area contributed by atoms with Gasteiger partial charge in [0.1, 0.15) is 33.0 Å². The summed E-state index contributed by atoms with van der Waals surface area (Å²) < 4.78 is 85.6. The Kier molecular flexibility index (Phi) is 92.1. The Morgan fingerprint density at radius 1 is 0.165 bits per heavy atom. The maximum Gasteiger partial charge on any atom is 0.246 e. The van der Waals surface area contributed by atoms with Crippen molar-refractivity contribution >= 4 is 88.6 Å². The van der Waals surface area contributed by atoms with Crippen molar-refractivity contribution in [1.29, 1.82) is 0 Å². The summed E-state index contributed by atoms with van der Waals surface area (Å²) in [5.41, 5.74) is 0. The number of carbonyl (C=O) groups excluding carboxylic acids is 15. The van der Waals surface area contributed by atoms with Crippen LogP contribution in [0.1, 0.15) is 199 Å². The van der Waals surface area contributed by atoms with Crippen LogP contribution in [0, 0.1) is 0 Å². The fourth-order valence-electron chi connectivity index (χ4n) is 12.9. The highest BCUT2D eigenvalue weighted by Crippen LogP contribution is 2.13. The first-order valence-electron chi connectivity index (χ1n) is 49.4. The van der Waals surface area contributed by atoms with Gasteiger partial charge in [-0.1, -0.05) is 12.8 Å². The van der Waals surface area contributed by atoms with E-state index in [1.54, 1.807) is 42.7 Å². The number of nitrogens with one attached hydrogen (secondary N) is 15. The first kappa shape index (κ1) is 130. The number of carbonyl (C=O) groups is 15. The van der Waals surface area contributed by atoms with Gasteiger partial charge in [-0.25, -0.2) is 0 Å². The van der Waals surface area contributed by atoms with E-state index in [1.165, 1.54) is 0 Å². The van der Waals surface area contributed by atoms with E-state index in [1.807, 2.05) is 0 Å². The Labute approximate surface area is 822 Å². The van der Waals surface area contributed by atoms with Crippen LogP contribution in [0.15, 0.2) is 0 Å². The second-order valence-corrected chi connectivity index (χ2v) is 32.7. The van der Waals surface area contributed by atoms with Crippen molar-refractivity contribution in [3.63, 3.8) is 0 Å². The second kappa shape index (κ2) is 98.2. The van der Waals surface area contributed by atoms with E-state index in [0.29, 0.717) is 91.6 Å². The molecule has 0 spiro atoms. The van der Waals surface area contributed by atoms with Crippen molar-refractivity contribution in [2.24, 2.45) is 0 Å². The lowest BCUT2D eigenvalue weighted by Gasteiger charge is -2.24. The minimum Gasteiger partial charge on any atom is -0.385 e. The van der Waals surface area contributed by atoms with Gasteiger partial charge >= 0.3 is 0 Å².